The molecule has 0 saturated carbocycles. The van der Waals surface area contributed by atoms with Crippen LogP contribution in [-0.4, -0.2) is 5.11 Å². The van der Waals surface area contributed by atoms with Gasteiger partial charge in [-0.25, -0.2) is 0 Å². The van der Waals surface area contributed by atoms with Crippen molar-refractivity contribution < 1.29 is 5.11 Å². The van der Waals surface area contributed by atoms with E-state index in [4.69, 9.17) is 0 Å². The average Bonchev–Trinajstić information content (AvgIpc) is 2.27. The van der Waals surface area contributed by atoms with Gasteiger partial charge in [0.05, 0.1) is 6.10 Å². The molecule has 0 unspecified atom stereocenters. The van der Waals surface area contributed by atoms with E-state index >= 15 is 0 Å². The summed E-state index contributed by atoms with van der Waals surface area (Å²) in [6, 6.07) is 0. The largest absolute Gasteiger partial charge is 0.388 e. The molecule has 1 aliphatic rings. The van der Waals surface area contributed by atoms with Gasteiger partial charge in [0.25, 0.3) is 0 Å². The van der Waals surface area contributed by atoms with E-state index in [0.29, 0.717) is 0 Å². The lowest BCUT2D eigenvalue weighted by Gasteiger charge is -2.27. The topological polar surface area (TPSA) is 20.2 Å². The molecule has 0 aromatic heterocycles. The first-order valence-corrected chi connectivity index (χ1v) is 6.88. The molecule has 0 heterocycles. The first kappa shape index (κ1) is 12.3. The van der Waals surface area contributed by atoms with E-state index in [-0.39, 0.29) is 5.92 Å². The maximum Gasteiger partial charge on any atom is 0.0858 e. The summed E-state index contributed by atoms with van der Waals surface area (Å²) >= 11 is 7.16. The lowest BCUT2D eigenvalue weighted by atomic mass is 9.83. The first-order valence-electron chi connectivity index (χ1n) is 5.29. The van der Waals surface area contributed by atoms with Crippen LogP contribution in [0.1, 0.15) is 35.3 Å². The van der Waals surface area contributed by atoms with E-state index in [1.165, 1.54) is 5.56 Å². The maximum absolute atomic E-state index is 10.3. The molecule has 1 aliphatic carbocycles. The highest BCUT2D eigenvalue weighted by Gasteiger charge is 2.26. The Hall–Kier alpha value is -0.120. The average molecular weight is 346 g/mol. The molecule has 0 aliphatic heterocycles. The third-order valence-corrected chi connectivity index (χ3v) is 5.82. The summed E-state index contributed by atoms with van der Waals surface area (Å²) in [6.07, 6.45) is 3.79. The van der Waals surface area contributed by atoms with Gasteiger partial charge < -0.3 is 5.11 Å². The molecule has 1 nitrogen and oxygen atoms in total. The second-order valence-corrected chi connectivity index (χ2v) is 5.95. The second-order valence-electron chi connectivity index (χ2n) is 4.37. The van der Waals surface area contributed by atoms with Gasteiger partial charge in [0.15, 0.2) is 0 Å². The van der Waals surface area contributed by atoms with Crippen molar-refractivity contribution in [2.75, 3.05) is 0 Å². The van der Waals surface area contributed by atoms with Crippen LogP contribution in [0.4, 0.5) is 0 Å². The SMILES string of the molecule is Cc1c(Br)c(Br)c(C)c2c1C=C[C@H](C)[C@@H]2O. The fourth-order valence-corrected chi connectivity index (χ4v) is 3.20. The van der Waals surface area contributed by atoms with Crippen molar-refractivity contribution in [2.24, 2.45) is 5.92 Å². The van der Waals surface area contributed by atoms with Crippen LogP contribution in [-0.2, 0) is 0 Å². The standard InChI is InChI=1S/C13H14Br2O/c1-6-4-5-9-7(2)11(14)12(15)8(3)10(9)13(6)16/h4-6,13,16H,1-3H3/t6-,13-/m0/s1. The minimum Gasteiger partial charge on any atom is -0.388 e. The Morgan fingerprint density at radius 1 is 1.12 bits per heavy atom. The van der Waals surface area contributed by atoms with Gasteiger partial charge in [0.2, 0.25) is 0 Å². The molecule has 1 aromatic rings. The maximum atomic E-state index is 10.3. The lowest BCUT2D eigenvalue weighted by molar-refractivity contribution is 0.137. The van der Waals surface area contributed by atoms with Crippen LogP contribution >= 0.6 is 31.9 Å². The molecule has 1 N–H and O–H groups in total. The minimum atomic E-state index is -0.400. The number of hydrogen-bond acceptors (Lipinski definition) is 1. The van der Waals surface area contributed by atoms with Crippen molar-refractivity contribution in [1.82, 2.24) is 0 Å². The molecule has 2 atom stereocenters. The number of aliphatic hydroxyl groups is 1. The highest BCUT2D eigenvalue weighted by molar-refractivity contribution is 9.13. The van der Waals surface area contributed by atoms with E-state index in [0.717, 1.165) is 25.6 Å². The Morgan fingerprint density at radius 3 is 2.31 bits per heavy atom. The molecule has 0 bridgehead atoms. The van der Waals surface area contributed by atoms with Crippen molar-refractivity contribution in [3.05, 3.63) is 37.3 Å². The molecular formula is C13H14Br2O. The fraction of sp³-hybridized carbons (Fsp3) is 0.385. The zero-order valence-electron chi connectivity index (χ0n) is 9.51. The van der Waals surface area contributed by atoms with Gasteiger partial charge in [-0.15, -0.1) is 0 Å². The molecule has 0 fully saturated rings. The summed E-state index contributed by atoms with van der Waals surface area (Å²) in [7, 11) is 0. The van der Waals surface area contributed by atoms with Gasteiger partial charge in [-0.3, -0.25) is 0 Å². The molecule has 0 saturated heterocycles. The molecule has 86 valence electrons. The van der Waals surface area contributed by atoms with Crippen LogP contribution in [0.25, 0.3) is 6.08 Å². The van der Waals surface area contributed by atoms with Crippen molar-refractivity contribution in [1.29, 1.82) is 0 Å². The van der Waals surface area contributed by atoms with Gasteiger partial charge in [0, 0.05) is 14.9 Å². The number of halogens is 2. The molecule has 16 heavy (non-hydrogen) atoms. The van der Waals surface area contributed by atoms with Crippen molar-refractivity contribution >= 4 is 37.9 Å². The highest BCUT2D eigenvalue weighted by atomic mass is 79.9. The van der Waals surface area contributed by atoms with E-state index in [1.54, 1.807) is 0 Å². The third-order valence-electron chi connectivity index (χ3n) is 3.31. The zero-order chi connectivity index (χ0) is 12.0. The summed E-state index contributed by atoms with van der Waals surface area (Å²) in [6.45, 7) is 6.15. The number of rotatable bonds is 0. The lowest BCUT2D eigenvalue weighted by Crippen LogP contribution is -2.15. The van der Waals surface area contributed by atoms with E-state index < -0.39 is 6.10 Å². The number of hydrogen-bond donors (Lipinski definition) is 1. The van der Waals surface area contributed by atoms with Crippen LogP contribution in [0, 0.1) is 19.8 Å². The Morgan fingerprint density at radius 2 is 1.69 bits per heavy atom. The summed E-state index contributed by atoms with van der Waals surface area (Å²) in [5.74, 6) is 0.179. The summed E-state index contributed by atoms with van der Waals surface area (Å²) < 4.78 is 2.13. The van der Waals surface area contributed by atoms with Crippen molar-refractivity contribution in [3.63, 3.8) is 0 Å². The summed E-state index contributed by atoms with van der Waals surface area (Å²) in [5, 5.41) is 10.3. The minimum absolute atomic E-state index is 0.179. The van der Waals surface area contributed by atoms with Gasteiger partial charge in [0.1, 0.15) is 0 Å². The second kappa shape index (κ2) is 4.28. The monoisotopic (exact) mass is 344 g/mol. The molecule has 1 aromatic carbocycles. The third kappa shape index (κ3) is 1.69. The molecule has 0 spiro atoms. The number of fused-ring (bicyclic) bond motifs is 1. The fourth-order valence-electron chi connectivity index (χ4n) is 2.18. The van der Waals surface area contributed by atoms with Crippen LogP contribution in [0.15, 0.2) is 15.0 Å². The van der Waals surface area contributed by atoms with Gasteiger partial charge >= 0.3 is 0 Å². The number of benzene rings is 1. The normalized spacial score (nSPS) is 23.4. The zero-order valence-corrected chi connectivity index (χ0v) is 12.7. The van der Waals surface area contributed by atoms with Gasteiger partial charge in [-0.2, -0.15) is 0 Å². The van der Waals surface area contributed by atoms with E-state index in [1.807, 2.05) is 13.8 Å². The Labute approximate surface area is 113 Å². The van der Waals surface area contributed by atoms with Gasteiger partial charge in [-0.05, 0) is 68.0 Å². The molecule has 0 radical (unpaired) electrons. The Balaban J connectivity index is 2.79. The van der Waals surface area contributed by atoms with Crippen LogP contribution in [0.3, 0.4) is 0 Å². The molecular weight excluding hydrogens is 332 g/mol. The Kier molecular flexibility index (Phi) is 3.30. The predicted molar refractivity (Wildman–Crippen MR) is 74.5 cm³/mol. The molecule has 3 heteroatoms. The Bertz CT molecular complexity index is 478. The van der Waals surface area contributed by atoms with E-state index in [9.17, 15) is 5.11 Å². The highest BCUT2D eigenvalue weighted by Crippen LogP contribution is 2.42. The smallest absolute Gasteiger partial charge is 0.0858 e. The summed E-state index contributed by atoms with van der Waals surface area (Å²) in [5.41, 5.74) is 4.51. The van der Waals surface area contributed by atoms with Crippen molar-refractivity contribution in [3.8, 4) is 0 Å². The predicted octanol–water partition coefficient (Wildman–Crippen LogP) is 4.52. The van der Waals surface area contributed by atoms with Crippen molar-refractivity contribution in [2.45, 2.75) is 26.9 Å². The van der Waals surface area contributed by atoms with Gasteiger partial charge in [-0.1, -0.05) is 19.1 Å². The summed E-state index contributed by atoms with van der Waals surface area (Å²) in [4.78, 5) is 0. The van der Waals surface area contributed by atoms with Crippen LogP contribution in [0.5, 0.6) is 0 Å². The molecule has 2 rings (SSSR count). The van der Waals surface area contributed by atoms with Crippen LogP contribution in [0.2, 0.25) is 0 Å². The van der Waals surface area contributed by atoms with Crippen LogP contribution < -0.4 is 0 Å². The van der Waals surface area contributed by atoms with E-state index in [2.05, 4.69) is 50.9 Å². The quantitative estimate of drug-likeness (QED) is 0.732. The first-order chi connectivity index (χ1) is 7.45. The molecule has 0 amide bonds. The number of aliphatic hydroxyl groups excluding tert-OH is 1.